The average molecular weight is 528 g/mol. The molecule has 0 spiro atoms. The number of β-lactam (4-membered cyclic amide) rings is 2. The minimum atomic E-state index is -5.24. The van der Waals surface area contributed by atoms with Gasteiger partial charge >= 0.3 is 6.18 Å². The molecule has 38 heavy (non-hydrogen) atoms. The van der Waals surface area contributed by atoms with E-state index < -0.39 is 66.0 Å². The molecule has 3 amide bonds. The third kappa shape index (κ3) is 5.22. The summed E-state index contributed by atoms with van der Waals surface area (Å²) in [6, 6.07) is 13.7. The Balaban J connectivity index is 1.69. The number of carbonyl (C=O) groups is 4. The number of hydrogen-bond acceptors (Lipinski definition) is 7. The smallest absolute Gasteiger partial charge is 0.375 e. The predicted octanol–water partition coefficient (Wildman–Crippen LogP) is 1.00. The van der Waals surface area contributed by atoms with Gasteiger partial charge in [-0.05, 0) is 5.56 Å². The van der Waals surface area contributed by atoms with Crippen molar-refractivity contribution in [2.24, 2.45) is 0 Å². The summed E-state index contributed by atoms with van der Waals surface area (Å²) in [5.41, 5.74) is -0.888. The van der Waals surface area contributed by atoms with Crippen LogP contribution in [0.15, 0.2) is 71.7 Å². The number of nitrogens with one attached hydrogen (secondary N) is 1. The quantitative estimate of drug-likeness (QED) is 0.329. The fraction of sp³-hybridized carbons (Fsp3) is 0.200. The summed E-state index contributed by atoms with van der Waals surface area (Å²) in [6.45, 7) is -0.890. The molecular formula is C25H19F3N4O6. The molecule has 0 saturated carbocycles. The van der Waals surface area contributed by atoms with Crippen LogP contribution in [0.4, 0.5) is 18.9 Å². The molecule has 196 valence electrons. The predicted molar refractivity (Wildman–Crippen MR) is 126 cm³/mol. The van der Waals surface area contributed by atoms with Crippen LogP contribution in [0.5, 0.6) is 0 Å². The molecule has 1 fully saturated rings. The average Bonchev–Trinajstić information content (AvgIpc) is 2.90. The zero-order valence-corrected chi connectivity index (χ0v) is 19.4. The number of rotatable bonds is 8. The third-order valence-corrected chi connectivity index (χ3v) is 5.73. The molecule has 1 aromatic heterocycles. The number of amides is 3. The van der Waals surface area contributed by atoms with Gasteiger partial charge in [0.1, 0.15) is 24.1 Å². The van der Waals surface area contributed by atoms with Crippen LogP contribution in [0, 0.1) is 0 Å². The number of aliphatic hydroxyl groups excluding tert-OH is 1. The molecule has 1 atom stereocenters. The molecule has 1 aliphatic heterocycles. The minimum Gasteiger partial charge on any atom is -0.375 e. The first-order valence-corrected chi connectivity index (χ1v) is 11.1. The van der Waals surface area contributed by atoms with Gasteiger partial charge in [0.05, 0.1) is 6.20 Å². The second-order valence-electron chi connectivity index (χ2n) is 8.31. The van der Waals surface area contributed by atoms with Gasteiger partial charge in [0, 0.05) is 12.0 Å². The molecule has 3 aromatic rings. The number of nitrogens with zero attached hydrogens (tertiary/aromatic N) is 3. The topological polar surface area (TPSA) is 139 Å². The molecule has 1 unspecified atom stereocenters. The van der Waals surface area contributed by atoms with E-state index in [0.717, 1.165) is 10.8 Å². The molecule has 1 aliphatic rings. The van der Waals surface area contributed by atoms with Gasteiger partial charge in [-0.1, -0.05) is 60.7 Å². The van der Waals surface area contributed by atoms with E-state index in [4.69, 9.17) is 0 Å². The van der Waals surface area contributed by atoms with Crippen LogP contribution in [0.3, 0.4) is 0 Å². The van der Waals surface area contributed by atoms with E-state index >= 15 is 0 Å². The van der Waals surface area contributed by atoms with Crippen molar-refractivity contribution in [3.63, 3.8) is 0 Å². The summed E-state index contributed by atoms with van der Waals surface area (Å²) in [6.07, 6.45) is -6.71. The van der Waals surface area contributed by atoms with Crippen molar-refractivity contribution in [2.45, 2.75) is 31.3 Å². The molecule has 0 radical (unpaired) electrons. The monoisotopic (exact) mass is 528 g/mol. The van der Waals surface area contributed by atoms with E-state index in [1.54, 1.807) is 48.5 Å². The lowest BCUT2D eigenvalue weighted by Crippen LogP contribution is -2.63. The SMILES string of the molecule is O=C(Cn1c(-c2ccccc2)ncc(N2C(=O)C(O)C2=O)c1=O)NC(Cc1ccccc1)C(=O)C(F)(F)F. The number of Topliss-reactive ketones (excluding diaryl/α,β-unsaturated/α-hetero) is 1. The Kier molecular flexibility index (Phi) is 7.21. The first-order chi connectivity index (χ1) is 18.0. The normalized spacial score (nSPS) is 14.7. The third-order valence-electron chi connectivity index (χ3n) is 5.73. The fourth-order valence-electron chi connectivity index (χ4n) is 3.87. The summed E-state index contributed by atoms with van der Waals surface area (Å²) in [4.78, 5) is 66.7. The highest BCUT2D eigenvalue weighted by atomic mass is 19.4. The van der Waals surface area contributed by atoms with Crippen molar-refractivity contribution in [3.05, 3.63) is 82.8 Å². The second-order valence-corrected chi connectivity index (χ2v) is 8.31. The summed E-state index contributed by atoms with van der Waals surface area (Å²) in [7, 11) is 0. The maximum Gasteiger partial charge on any atom is 0.452 e. The molecule has 0 bridgehead atoms. The number of halogens is 3. The van der Waals surface area contributed by atoms with Gasteiger partial charge in [-0.3, -0.25) is 28.5 Å². The number of imide groups is 1. The van der Waals surface area contributed by atoms with Crippen LogP contribution in [-0.4, -0.2) is 56.5 Å². The van der Waals surface area contributed by atoms with Gasteiger partial charge < -0.3 is 10.4 Å². The Morgan fingerprint density at radius 1 is 0.974 bits per heavy atom. The molecule has 0 aliphatic carbocycles. The standard InChI is InChI=1S/C25H19F3N4O6/c26-25(27,28)20(35)16(11-14-7-3-1-4-8-14)30-18(33)13-31-21(15-9-5-2-6-10-15)29-12-17(22(31)36)32-23(37)19(34)24(32)38/h1-10,12,16,19,34H,11,13H2,(H,30,33). The van der Waals surface area contributed by atoms with Crippen LogP contribution < -0.4 is 15.8 Å². The van der Waals surface area contributed by atoms with Gasteiger partial charge in [0.2, 0.25) is 12.0 Å². The number of carbonyl (C=O) groups excluding carboxylic acids is 4. The van der Waals surface area contributed by atoms with Crippen molar-refractivity contribution >= 4 is 29.2 Å². The Labute approximate surface area is 212 Å². The fourth-order valence-corrected chi connectivity index (χ4v) is 3.87. The van der Waals surface area contributed by atoms with Crippen LogP contribution in [0.2, 0.25) is 0 Å². The van der Waals surface area contributed by atoms with Gasteiger partial charge in [0.25, 0.3) is 23.2 Å². The molecule has 1 saturated heterocycles. The minimum absolute atomic E-state index is 0.0859. The summed E-state index contributed by atoms with van der Waals surface area (Å²) >= 11 is 0. The highest BCUT2D eigenvalue weighted by Gasteiger charge is 2.48. The van der Waals surface area contributed by atoms with Crippen molar-refractivity contribution in [3.8, 4) is 11.4 Å². The molecule has 4 rings (SSSR count). The molecule has 10 nitrogen and oxygen atoms in total. The first-order valence-electron chi connectivity index (χ1n) is 11.1. The molecule has 2 heterocycles. The largest absolute Gasteiger partial charge is 0.452 e. The van der Waals surface area contributed by atoms with Gasteiger partial charge in [-0.15, -0.1) is 0 Å². The maximum absolute atomic E-state index is 13.3. The number of alkyl halides is 3. The van der Waals surface area contributed by atoms with Gasteiger partial charge in [-0.25, -0.2) is 9.88 Å². The Morgan fingerprint density at radius 2 is 1.55 bits per heavy atom. The van der Waals surface area contributed by atoms with E-state index in [0.29, 0.717) is 16.0 Å². The number of aromatic nitrogens is 2. The van der Waals surface area contributed by atoms with Crippen molar-refractivity contribution in [1.29, 1.82) is 0 Å². The van der Waals surface area contributed by atoms with E-state index in [9.17, 15) is 42.3 Å². The highest BCUT2D eigenvalue weighted by Crippen LogP contribution is 2.23. The zero-order chi connectivity index (χ0) is 27.6. The van der Waals surface area contributed by atoms with Crippen LogP contribution in [-0.2, 0) is 32.1 Å². The first kappa shape index (κ1) is 26.4. The number of anilines is 1. The summed E-state index contributed by atoms with van der Waals surface area (Å²) in [5.74, 6) is -5.53. The lowest BCUT2D eigenvalue weighted by Gasteiger charge is -2.32. The number of benzene rings is 2. The second kappa shape index (κ2) is 10.4. The van der Waals surface area contributed by atoms with Crippen molar-refractivity contribution in [1.82, 2.24) is 14.9 Å². The van der Waals surface area contributed by atoms with Crippen LogP contribution in [0.1, 0.15) is 5.56 Å². The van der Waals surface area contributed by atoms with Gasteiger partial charge in [0.15, 0.2) is 0 Å². The summed E-state index contributed by atoms with van der Waals surface area (Å²) in [5, 5.41) is 11.5. The molecular weight excluding hydrogens is 509 g/mol. The lowest BCUT2D eigenvalue weighted by molar-refractivity contribution is -0.173. The van der Waals surface area contributed by atoms with E-state index in [-0.39, 0.29) is 5.82 Å². The van der Waals surface area contributed by atoms with E-state index in [2.05, 4.69) is 4.98 Å². The highest BCUT2D eigenvalue weighted by molar-refractivity contribution is 6.35. The molecule has 13 heteroatoms. The van der Waals surface area contributed by atoms with Crippen LogP contribution in [0.25, 0.3) is 11.4 Å². The summed E-state index contributed by atoms with van der Waals surface area (Å²) < 4.78 is 40.6. The Hall–Kier alpha value is -4.65. The zero-order valence-electron chi connectivity index (χ0n) is 19.4. The van der Waals surface area contributed by atoms with E-state index in [1.165, 1.54) is 12.1 Å². The van der Waals surface area contributed by atoms with Crippen LogP contribution >= 0.6 is 0 Å². The van der Waals surface area contributed by atoms with E-state index in [1.807, 2.05) is 5.32 Å². The van der Waals surface area contributed by atoms with Gasteiger partial charge in [-0.2, -0.15) is 13.2 Å². The van der Waals surface area contributed by atoms with Crippen molar-refractivity contribution in [2.75, 3.05) is 4.90 Å². The Morgan fingerprint density at radius 3 is 2.13 bits per heavy atom. The number of aliphatic hydroxyl groups is 1. The number of ketones is 1. The maximum atomic E-state index is 13.3. The lowest BCUT2D eigenvalue weighted by atomic mass is 10.0. The Bertz CT molecular complexity index is 1440. The van der Waals surface area contributed by atoms with Crippen molar-refractivity contribution < 1.29 is 37.5 Å². The molecule has 2 N–H and O–H groups in total. The number of hydrogen-bond donors (Lipinski definition) is 2. The molecule has 2 aromatic carbocycles.